The summed E-state index contributed by atoms with van der Waals surface area (Å²) in [5.41, 5.74) is 0.190. The van der Waals surface area contributed by atoms with Crippen LogP contribution in [-0.4, -0.2) is 41.8 Å². The average molecular weight is 379 g/mol. The van der Waals surface area contributed by atoms with Crippen LogP contribution >= 0.6 is 0 Å². The van der Waals surface area contributed by atoms with E-state index in [4.69, 9.17) is 0 Å². The van der Waals surface area contributed by atoms with Crippen molar-refractivity contribution in [2.75, 3.05) is 6.54 Å². The molecular weight excluding hydrogens is 363 g/mol. The summed E-state index contributed by atoms with van der Waals surface area (Å²) < 4.78 is 42.4. The van der Waals surface area contributed by atoms with E-state index in [-0.39, 0.29) is 18.9 Å². The Bertz CT molecular complexity index is 959. The minimum Gasteiger partial charge on any atom is -0.349 e. The van der Waals surface area contributed by atoms with Gasteiger partial charge < -0.3 is 5.32 Å². The fraction of sp³-hybridized carbons (Fsp3) is 0.438. The number of fused-ring (bicyclic) bond motifs is 2. The third kappa shape index (κ3) is 3.36. The SMILES string of the molecule is O=C(NCCCn1nc2c(c1C(F)(F)F)CCC2)c1nc2ncccn2n1. The van der Waals surface area contributed by atoms with Crippen molar-refractivity contribution in [2.45, 2.75) is 38.4 Å². The van der Waals surface area contributed by atoms with Crippen LogP contribution < -0.4 is 5.32 Å². The van der Waals surface area contributed by atoms with Gasteiger partial charge in [-0.15, -0.1) is 5.10 Å². The standard InChI is InChI=1S/C16H16F3N7O/c17-16(18,19)12-10-4-1-5-11(10)23-25(12)8-2-6-20-14(27)13-22-15-21-7-3-9-26(15)24-13/h3,7,9H,1-2,4-6,8H2,(H,20,27). The molecule has 0 atom stereocenters. The Kier molecular flexibility index (Phi) is 4.28. The Hall–Kier alpha value is -2.98. The number of hydrogen-bond acceptors (Lipinski definition) is 5. The molecule has 0 radical (unpaired) electrons. The molecule has 27 heavy (non-hydrogen) atoms. The molecule has 0 saturated heterocycles. The van der Waals surface area contributed by atoms with Gasteiger partial charge in [-0.1, -0.05) is 0 Å². The maximum atomic E-state index is 13.3. The molecule has 3 heterocycles. The molecule has 0 fully saturated rings. The number of carbonyl (C=O) groups excluding carboxylic acids is 1. The van der Waals surface area contributed by atoms with Crippen LogP contribution in [0.25, 0.3) is 5.78 Å². The van der Waals surface area contributed by atoms with Crippen LogP contribution in [-0.2, 0) is 25.6 Å². The number of rotatable bonds is 5. The number of aromatic nitrogens is 6. The number of nitrogens with one attached hydrogen (secondary N) is 1. The van der Waals surface area contributed by atoms with Crippen molar-refractivity contribution in [3.05, 3.63) is 41.2 Å². The second-order valence-corrected chi connectivity index (χ2v) is 6.26. The number of hydrogen-bond donors (Lipinski definition) is 1. The largest absolute Gasteiger partial charge is 0.433 e. The highest BCUT2D eigenvalue weighted by Gasteiger charge is 2.40. The van der Waals surface area contributed by atoms with E-state index in [1.807, 2.05) is 0 Å². The zero-order chi connectivity index (χ0) is 19.0. The van der Waals surface area contributed by atoms with Crippen LogP contribution in [0.4, 0.5) is 13.2 Å². The van der Waals surface area contributed by atoms with Gasteiger partial charge in [0.25, 0.3) is 11.7 Å². The van der Waals surface area contributed by atoms with E-state index in [0.29, 0.717) is 42.7 Å². The lowest BCUT2D eigenvalue weighted by Crippen LogP contribution is -2.27. The zero-order valence-corrected chi connectivity index (χ0v) is 14.2. The maximum Gasteiger partial charge on any atom is 0.433 e. The Morgan fingerprint density at radius 3 is 2.89 bits per heavy atom. The predicted molar refractivity (Wildman–Crippen MR) is 87.0 cm³/mol. The van der Waals surface area contributed by atoms with Gasteiger partial charge in [-0.05, 0) is 31.7 Å². The molecule has 0 aromatic carbocycles. The number of amides is 1. The highest BCUT2D eigenvalue weighted by Crippen LogP contribution is 2.37. The van der Waals surface area contributed by atoms with Gasteiger partial charge in [-0.3, -0.25) is 9.48 Å². The second kappa shape index (κ2) is 6.63. The number of nitrogens with zero attached hydrogens (tertiary/aromatic N) is 6. The first-order valence-electron chi connectivity index (χ1n) is 8.55. The highest BCUT2D eigenvalue weighted by molar-refractivity contribution is 5.90. The van der Waals surface area contributed by atoms with E-state index in [1.165, 1.54) is 10.7 Å². The van der Waals surface area contributed by atoms with E-state index in [0.717, 1.165) is 4.68 Å². The van der Waals surface area contributed by atoms with Crippen molar-refractivity contribution in [1.82, 2.24) is 34.7 Å². The molecule has 3 aromatic heterocycles. The smallest absolute Gasteiger partial charge is 0.349 e. The molecule has 1 amide bonds. The Morgan fingerprint density at radius 2 is 2.11 bits per heavy atom. The monoisotopic (exact) mass is 379 g/mol. The van der Waals surface area contributed by atoms with Crippen molar-refractivity contribution in [3.8, 4) is 0 Å². The van der Waals surface area contributed by atoms with Gasteiger partial charge >= 0.3 is 6.18 Å². The van der Waals surface area contributed by atoms with Crippen LogP contribution in [0, 0.1) is 0 Å². The first-order chi connectivity index (χ1) is 12.9. The number of carbonyl (C=O) groups is 1. The quantitative estimate of drug-likeness (QED) is 0.681. The number of halogens is 3. The lowest BCUT2D eigenvalue weighted by molar-refractivity contribution is -0.144. The molecule has 11 heteroatoms. The summed E-state index contributed by atoms with van der Waals surface area (Å²) in [6, 6.07) is 1.66. The van der Waals surface area contributed by atoms with Gasteiger partial charge in [0.1, 0.15) is 5.69 Å². The van der Waals surface area contributed by atoms with E-state index in [9.17, 15) is 18.0 Å². The summed E-state index contributed by atoms with van der Waals surface area (Å²) in [4.78, 5) is 20.0. The van der Waals surface area contributed by atoms with Crippen molar-refractivity contribution < 1.29 is 18.0 Å². The van der Waals surface area contributed by atoms with Gasteiger partial charge in [0.05, 0.1) is 5.69 Å². The van der Waals surface area contributed by atoms with Crippen LogP contribution in [0.1, 0.15) is 40.4 Å². The molecule has 4 rings (SSSR count). The first kappa shape index (κ1) is 17.4. The molecule has 0 bridgehead atoms. The van der Waals surface area contributed by atoms with Crippen LogP contribution in [0.15, 0.2) is 18.5 Å². The van der Waals surface area contributed by atoms with E-state index in [1.54, 1.807) is 12.3 Å². The summed E-state index contributed by atoms with van der Waals surface area (Å²) in [5.74, 6) is -0.245. The molecule has 1 N–H and O–H groups in total. The number of aryl methyl sites for hydroxylation is 2. The summed E-state index contributed by atoms with van der Waals surface area (Å²) in [6.07, 6.45) is 0.721. The Labute approximate surface area is 151 Å². The topological polar surface area (TPSA) is 90.0 Å². The van der Waals surface area contributed by atoms with Gasteiger partial charge in [0.15, 0.2) is 0 Å². The molecular formula is C16H16F3N7O. The molecule has 1 aliphatic rings. The third-order valence-electron chi connectivity index (χ3n) is 4.39. The molecule has 8 nitrogen and oxygen atoms in total. The van der Waals surface area contributed by atoms with E-state index < -0.39 is 17.8 Å². The summed E-state index contributed by atoms with van der Waals surface area (Å²) in [5, 5.41) is 10.7. The van der Waals surface area contributed by atoms with Crippen molar-refractivity contribution in [3.63, 3.8) is 0 Å². The zero-order valence-electron chi connectivity index (χ0n) is 14.2. The molecule has 3 aromatic rings. The van der Waals surface area contributed by atoms with Crippen molar-refractivity contribution in [1.29, 1.82) is 0 Å². The van der Waals surface area contributed by atoms with Crippen LogP contribution in [0.5, 0.6) is 0 Å². The Morgan fingerprint density at radius 1 is 1.26 bits per heavy atom. The minimum atomic E-state index is -4.43. The molecule has 0 unspecified atom stereocenters. The first-order valence-corrected chi connectivity index (χ1v) is 8.55. The molecule has 1 aliphatic carbocycles. The second-order valence-electron chi connectivity index (χ2n) is 6.26. The van der Waals surface area contributed by atoms with E-state index in [2.05, 4.69) is 25.5 Å². The van der Waals surface area contributed by atoms with Crippen LogP contribution in [0.3, 0.4) is 0 Å². The normalized spacial score (nSPS) is 13.9. The fourth-order valence-electron chi connectivity index (χ4n) is 3.26. The highest BCUT2D eigenvalue weighted by atomic mass is 19.4. The average Bonchev–Trinajstić information content (AvgIpc) is 3.30. The summed E-state index contributed by atoms with van der Waals surface area (Å²) in [6.45, 7) is 0.256. The predicted octanol–water partition coefficient (Wildman–Crippen LogP) is 1.65. The molecule has 0 aliphatic heterocycles. The minimum absolute atomic E-state index is 0.0391. The van der Waals surface area contributed by atoms with Gasteiger partial charge in [-0.25, -0.2) is 9.50 Å². The lowest BCUT2D eigenvalue weighted by atomic mass is 10.2. The van der Waals surface area contributed by atoms with Gasteiger partial charge in [0.2, 0.25) is 5.82 Å². The van der Waals surface area contributed by atoms with E-state index >= 15 is 0 Å². The third-order valence-corrected chi connectivity index (χ3v) is 4.39. The fourth-order valence-corrected chi connectivity index (χ4v) is 3.26. The van der Waals surface area contributed by atoms with Gasteiger partial charge in [0, 0.05) is 31.0 Å². The lowest BCUT2D eigenvalue weighted by Gasteiger charge is -2.12. The molecule has 0 saturated carbocycles. The molecule has 0 spiro atoms. The summed E-state index contributed by atoms with van der Waals surface area (Å²) in [7, 11) is 0. The van der Waals surface area contributed by atoms with Gasteiger partial charge in [-0.2, -0.15) is 23.3 Å². The van der Waals surface area contributed by atoms with Crippen molar-refractivity contribution in [2.24, 2.45) is 0 Å². The van der Waals surface area contributed by atoms with Crippen LogP contribution in [0.2, 0.25) is 0 Å². The Balaban J connectivity index is 1.37. The summed E-state index contributed by atoms with van der Waals surface area (Å²) >= 11 is 0. The number of alkyl halides is 3. The molecule has 142 valence electrons. The van der Waals surface area contributed by atoms with Crippen molar-refractivity contribution >= 4 is 11.7 Å². The maximum absolute atomic E-state index is 13.3.